The maximum Gasteiger partial charge on any atom is 0.223 e. The van der Waals surface area contributed by atoms with Crippen molar-refractivity contribution in [3.63, 3.8) is 0 Å². The molecule has 3 heterocycles. The monoisotopic (exact) mass is 384 g/mol. The molecule has 1 aromatic heterocycles. The molecule has 2 aliphatic heterocycles. The van der Waals surface area contributed by atoms with Crippen LogP contribution in [0.3, 0.4) is 0 Å². The molecule has 1 N–H and O–H groups in total. The van der Waals surface area contributed by atoms with Crippen molar-refractivity contribution in [3.05, 3.63) is 54.2 Å². The van der Waals surface area contributed by atoms with Gasteiger partial charge in [0.15, 0.2) is 0 Å². The number of piperidine rings is 1. The number of amides is 1. The third kappa shape index (κ3) is 4.30. The fraction of sp³-hybridized carbons (Fsp3) is 0.476. The van der Waals surface area contributed by atoms with Gasteiger partial charge >= 0.3 is 0 Å². The second kappa shape index (κ2) is 8.65. The summed E-state index contributed by atoms with van der Waals surface area (Å²) in [5, 5.41) is 3.19. The first-order valence-corrected chi connectivity index (χ1v) is 9.89. The summed E-state index contributed by atoms with van der Waals surface area (Å²) in [5.41, 5.74) is 0.888. The quantitative estimate of drug-likeness (QED) is 0.859. The van der Waals surface area contributed by atoms with E-state index in [1.54, 1.807) is 30.7 Å². The molecule has 1 amide bonds. The summed E-state index contributed by atoms with van der Waals surface area (Å²) in [6, 6.07) is 6.09. The number of rotatable bonds is 5. The van der Waals surface area contributed by atoms with Crippen LogP contribution >= 0.6 is 0 Å². The minimum absolute atomic E-state index is 0.0442. The molecule has 2 fully saturated rings. The molecule has 2 saturated heterocycles. The Balaban J connectivity index is 1.40. The number of benzene rings is 1. The Kier molecular flexibility index (Phi) is 5.81. The van der Waals surface area contributed by atoms with Crippen LogP contribution in [0.4, 0.5) is 10.2 Å². The Labute approximate surface area is 164 Å². The molecular formula is C21H25FN4O2. The molecule has 2 aromatic rings. The summed E-state index contributed by atoms with van der Waals surface area (Å²) >= 11 is 0. The van der Waals surface area contributed by atoms with Gasteiger partial charge in [0, 0.05) is 38.0 Å². The maximum absolute atomic E-state index is 13.3. The van der Waals surface area contributed by atoms with Gasteiger partial charge in [-0.05, 0) is 43.4 Å². The van der Waals surface area contributed by atoms with E-state index in [9.17, 15) is 9.18 Å². The van der Waals surface area contributed by atoms with Gasteiger partial charge in [0.25, 0.3) is 0 Å². The van der Waals surface area contributed by atoms with Crippen molar-refractivity contribution in [2.75, 3.05) is 24.6 Å². The van der Waals surface area contributed by atoms with Gasteiger partial charge < -0.3 is 15.0 Å². The molecule has 2 aliphatic rings. The molecule has 0 aliphatic carbocycles. The van der Waals surface area contributed by atoms with Gasteiger partial charge in [0.2, 0.25) is 5.91 Å². The molecule has 0 unspecified atom stereocenters. The number of ether oxygens (including phenoxy) is 1. The minimum Gasteiger partial charge on any atom is -0.376 e. The average molecular weight is 384 g/mol. The number of hydrogen-bond acceptors (Lipinski definition) is 5. The van der Waals surface area contributed by atoms with Gasteiger partial charge in [-0.3, -0.25) is 9.78 Å². The Morgan fingerprint density at radius 3 is 2.61 bits per heavy atom. The molecule has 28 heavy (non-hydrogen) atoms. The lowest BCUT2D eigenvalue weighted by Crippen LogP contribution is -2.44. The lowest BCUT2D eigenvalue weighted by atomic mass is 9.93. The van der Waals surface area contributed by atoms with Crippen molar-refractivity contribution in [2.45, 2.75) is 37.8 Å². The second-order valence-corrected chi connectivity index (χ2v) is 7.41. The Morgan fingerprint density at radius 1 is 1.18 bits per heavy atom. The number of carbonyl (C=O) groups is 1. The zero-order valence-corrected chi connectivity index (χ0v) is 15.8. The summed E-state index contributed by atoms with van der Waals surface area (Å²) < 4.78 is 19.2. The predicted octanol–water partition coefficient (Wildman–Crippen LogP) is 2.87. The van der Waals surface area contributed by atoms with E-state index in [4.69, 9.17) is 4.74 Å². The van der Waals surface area contributed by atoms with E-state index in [-0.39, 0.29) is 29.8 Å². The van der Waals surface area contributed by atoms with Gasteiger partial charge in [-0.15, -0.1) is 0 Å². The van der Waals surface area contributed by atoms with Crippen molar-refractivity contribution in [3.8, 4) is 0 Å². The van der Waals surface area contributed by atoms with E-state index >= 15 is 0 Å². The number of halogens is 1. The SMILES string of the molecule is O=C(N[C@H](c1ccc(F)cc1)[C@H]1CCCO1)C1CCN(c2cnccn2)CC1. The van der Waals surface area contributed by atoms with Crippen LogP contribution in [-0.4, -0.2) is 41.7 Å². The lowest BCUT2D eigenvalue weighted by molar-refractivity contribution is -0.127. The number of carbonyl (C=O) groups excluding carboxylic acids is 1. The number of anilines is 1. The topological polar surface area (TPSA) is 67.3 Å². The standard InChI is InChI=1S/C21H25FN4O2/c22-17-5-3-15(4-6-17)20(18-2-1-13-28-18)25-21(27)16-7-11-26(12-8-16)19-14-23-9-10-24-19/h3-6,9-10,14,16,18,20H,1-2,7-8,11-13H2,(H,25,27)/t18-,20-/m1/s1. The summed E-state index contributed by atoms with van der Waals surface area (Å²) in [6.07, 6.45) is 8.45. The van der Waals surface area contributed by atoms with Crippen LogP contribution in [0.1, 0.15) is 37.3 Å². The molecular weight excluding hydrogens is 359 g/mol. The van der Waals surface area contributed by atoms with E-state index in [2.05, 4.69) is 20.2 Å². The third-order valence-electron chi connectivity index (χ3n) is 5.60. The van der Waals surface area contributed by atoms with E-state index in [1.807, 2.05) is 0 Å². The second-order valence-electron chi connectivity index (χ2n) is 7.41. The largest absolute Gasteiger partial charge is 0.376 e. The predicted molar refractivity (Wildman–Crippen MR) is 103 cm³/mol. The molecule has 0 saturated carbocycles. The first kappa shape index (κ1) is 18.8. The molecule has 6 nitrogen and oxygen atoms in total. The molecule has 2 atom stereocenters. The van der Waals surface area contributed by atoms with Crippen LogP contribution in [0.15, 0.2) is 42.9 Å². The van der Waals surface area contributed by atoms with Crippen LogP contribution in [0.5, 0.6) is 0 Å². The number of hydrogen-bond donors (Lipinski definition) is 1. The first-order valence-electron chi connectivity index (χ1n) is 9.89. The van der Waals surface area contributed by atoms with Crippen LogP contribution in [-0.2, 0) is 9.53 Å². The van der Waals surface area contributed by atoms with Crippen molar-refractivity contribution in [1.82, 2.24) is 15.3 Å². The Hall–Kier alpha value is -2.54. The summed E-state index contributed by atoms with van der Waals surface area (Å²) in [5.74, 6) is 0.573. The highest BCUT2D eigenvalue weighted by Crippen LogP contribution is 2.29. The van der Waals surface area contributed by atoms with E-state index in [0.717, 1.165) is 50.2 Å². The summed E-state index contributed by atoms with van der Waals surface area (Å²) in [6.45, 7) is 2.25. The number of nitrogens with one attached hydrogen (secondary N) is 1. The fourth-order valence-electron chi connectivity index (χ4n) is 4.02. The van der Waals surface area contributed by atoms with Crippen LogP contribution < -0.4 is 10.2 Å². The van der Waals surface area contributed by atoms with Gasteiger partial charge in [-0.1, -0.05) is 12.1 Å². The lowest BCUT2D eigenvalue weighted by Gasteiger charge is -2.33. The Morgan fingerprint density at radius 2 is 1.96 bits per heavy atom. The highest BCUT2D eigenvalue weighted by atomic mass is 19.1. The zero-order chi connectivity index (χ0) is 19.3. The van der Waals surface area contributed by atoms with E-state index in [0.29, 0.717) is 6.61 Å². The van der Waals surface area contributed by atoms with Crippen molar-refractivity contribution in [1.29, 1.82) is 0 Å². The van der Waals surface area contributed by atoms with Gasteiger partial charge in [-0.25, -0.2) is 9.37 Å². The summed E-state index contributed by atoms with van der Waals surface area (Å²) in [7, 11) is 0. The van der Waals surface area contributed by atoms with Crippen molar-refractivity contribution >= 4 is 11.7 Å². The highest BCUT2D eigenvalue weighted by molar-refractivity contribution is 5.79. The molecule has 7 heteroatoms. The smallest absolute Gasteiger partial charge is 0.223 e. The minimum atomic E-state index is -0.280. The molecule has 148 valence electrons. The fourth-order valence-corrected chi connectivity index (χ4v) is 4.02. The zero-order valence-electron chi connectivity index (χ0n) is 15.8. The molecule has 0 bridgehead atoms. The Bertz CT molecular complexity index is 773. The number of aromatic nitrogens is 2. The van der Waals surface area contributed by atoms with Crippen LogP contribution in [0, 0.1) is 11.7 Å². The molecule has 0 spiro atoms. The van der Waals surface area contributed by atoms with E-state index in [1.165, 1.54) is 12.1 Å². The molecule has 0 radical (unpaired) electrons. The van der Waals surface area contributed by atoms with Crippen LogP contribution in [0.25, 0.3) is 0 Å². The number of nitrogens with zero attached hydrogens (tertiary/aromatic N) is 3. The van der Waals surface area contributed by atoms with Crippen molar-refractivity contribution < 1.29 is 13.9 Å². The van der Waals surface area contributed by atoms with Crippen molar-refractivity contribution in [2.24, 2.45) is 5.92 Å². The normalized spacial score (nSPS) is 21.5. The average Bonchev–Trinajstić information content (AvgIpc) is 3.28. The third-order valence-corrected chi connectivity index (χ3v) is 5.60. The first-order chi connectivity index (χ1) is 13.7. The van der Waals surface area contributed by atoms with Gasteiger partial charge in [0.1, 0.15) is 11.6 Å². The van der Waals surface area contributed by atoms with Gasteiger partial charge in [-0.2, -0.15) is 0 Å². The van der Waals surface area contributed by atoms with Gasteiger partial charge in [0.05, 0.1) is 18.3 Å². The van der Waals surface area contributed by atoms with E-state index < -0.39 is 0 Å². The molecule has 4 rings (SSSR count). The highest BCUT2D eigenvalue weighted by Gasteiger charge is 2.32. The molecule has 1 aromatic carbocycles. The maximum atomic E-state index is 13.3. The summed E-state index contributed by atoms with van der Waals surface area (Å²) in [4.78, 5) is 23.6. The van der Waals surface area contributed by atoms with Crippen LogP contribution in [0.2, 0.25) is 0 Å².